The summed E-state index contributed by atoms with van der Waals surface area (Å²) in [6, 6.07) is 0.102. The molecule has 2 rings (SSSR count). The Kier molecular flexibility index (Phi) is 4.62. The predicted molar refractivity (Wildman–Crippen MR) is 84.4 cm³/mol. The van der Waals surface area contributed by atoms with Crippen LogP contribution in [0.4, 0.5) is 11.8 Å². The van der Waals surface area contributed by atoms with Gasteiger partial charge in [0.15, 0.2) is 5.65 Å². The molecule has 0 aliphatic rings. The van der Waals surface area contributed by atoms with Crippen molar-refractivity contribution >= 4 is 22.8 Å². The van der Waals surface area contributed by atoms with E-state index in [9.17, 15) is 5.11 Å². The average Bonchev–Trinajstić information content (AvgIpc) is 2.86. The minimum atomic E-state index is 0.00207. The first kappa shape index (κ1) is 15.5. The molecule has 21 heavy (non-hydrogen) atoms. The monoisotopic (exact) mass is 292 g/mol. The van der Waals surface area contributed by atoms with Gasteiger partial charge in [0.1, 0.15) is 5.82 Å². The molecule has 0 saturated carbocycles. The van der Waals surface area contributed by atoms with E-state index in [1.807, 2.05) is 6.92 Å². The van der Waals surface area contributed by atoms with Crippen molar-refractivity contribution in [2.45, 2.75) is 40.2 Å². The quantitative estimate of drug-likeness (QED) is 0.650. The molecular formula is C14H24N6O. The molecule has 1 unspecified atom stereocenters. The van der Waals surface area contributed by atoms with Crippen molar-refractivity contribution in [3.63, 3.8) is 0 Å². The molecule has 0 radical (unpaired) electrons. The molecule has 0 bridgehead atoms. The van der Waals surface area contributed by atoms with E-state index in [0.29, 0.717) is 18.0 Å². The molecule has 0 saturated heterocycles. The number of aliphatic hydroxyl groups is 1. The van der Waals surface area contributed by atoms with Gasteiger partial charge in [-0.2, -0.15) is 15.1 Å². The first-order chi connectivity index (χ1) is 9.95. The highest BCUT2D eigenvalue weighted by Crippen LogP contribution is 2.28. The summed E-state index contributed by atoms with van der Waals surface area (Å²) >= 11 is 0. The van der Waals surface area contributed by atoms with Gasteiger partial charge in [-0.15, -0.1) is 0 Å². The number of hydrogen-bond donors (Lipinski definition) is 4. The number of fused-ring (bicyclic) bond motifs is 1. The summed E-state index contributed by atoms with van der Waals surface area (Å²) in [7, 11) is 0. The fourth-order valence-corrected chi connectivity index (χ4v) is 2.20. The number of hydrogen-bond acceptors (Lipinski definition) is 6. The second-order valence-electron chi connectivity index (χ2n) is 6.13. The average molecular weight is 292 g/mol. The molecular weight excluding hydrogens is 268 g/mol. The maximum Gasteiger partial charge on any atom is 0.226 e. The first-order valence-electron chi connectivity index (χ1n) is 7.28. The van der Waals surface area contributed by atoms with Crippen molar-refractivity contribution in [1.82, 2.24) is 20.2 Å². The summed E-state index contributed by atoms with van der Waals surface area (Å²) in [5, 5.41) is 23.6. The zero-order chi connectivity index (χ0) is 15.5. The van der Waals surface area contributed by atoms with Crippen molar-refractivity contribution in [2.24, 2.45) is 5.41 Å². The summed E-state index contributed by atoms with van der Waals surface area (Å²) in [6.45, 7) is 9.29. The predicted octanol–water partition coefficient (Wildman–Crippen LogP) is 1.99. The summed E-state index contributed by atoms with van der Waals surface area (Å²) in [5.74, 6) is 1.30. The number of nitrogens with one attached hydrogen (secondary N) is 3. The lowest BCUT2D eigenvalue weighted by Gasteiger charge is -2.31. The second-order valence-corrected chi connectivity index (χ2v) is 6.13. The fraction of sp³-hybridized carbons (Fsp3) is 0.643. The Hall–Kier alpha value is -1.89. The van der Waals surface area contributed by atoms with E-state index >= 15 is 0 Å². The molecule has 0 aromatic carbocycles. The molecule has 2 heterocycles. The molecule has 0 fully saturated rings. The molecule has 2 aromatic heterocycles. The Labute approximate surface area is 124 Å². The van der Waals surface area contributed by atoms with E-state index in [4.69, 9.17) is 0 Å². The van der Waals surface area contributed by atoms with Crippen LogP contribution in [0.5, 0.6) is 0 Å². The summed E-state index contributed by atoms with van der Waals surface area (Å²) in [5.41, 5.74) is 0.697. The first-order valence-corrected chi connectivity index (χ1v) is 7.28. The van der Waals surface area contributed by atoms with E-state index in [1.165, 1.54) is 0 Å². The van der Waals surface area contributed by atoms with Gasteiger partial charge in [-0.1, -0.05) is 20.8 Å². The van der Waals surface area contributed by atoms with Crippen LogP contribution in [0, 0.1) is 5.41 Å². The van der Waals surface area contributed by atoms with Crippen LogP contribution in [-0.2, 0) is 0 Å². The number of nitrogens with zero attached hydrogens (tertiary/aromatic N) is 3. The number of H-pyrrole nitrogens is 1. The molecule has 0 aliphatic heterocycles. The van der Waals surface area contributed by atoms with Crippen LogP contribution in [-0.4, -0.2) is 44.5 Å². The molecule has 116 valence electrons. The largest absolute Gasteiger partial charge is 0.396 e. The van der Waals surface area contributed by atoms with Gasteiger partial charge in [0.2, 0.25) is 5.95 Å². The number of aromatic nitrogens is 4. The van der Waals surface area contributed by atoms with Gasteiger partial charge < -0.3 is 15.7 Å². The lowest BCUT2D eigenvalue weighted by molar-refractivity contribution is 0.235. The van der Waals surface area contributed by atoms with Gasteiger partial charge in [-0.05, 0) is 18.8 Å². The Morgan fingerprint density at radius 2 is 2.10 bits per heavy atom. The van der Waals surface area contributed by atoms with Crippen molar-refractivity contribution in [1.29, 1.82) is 0 Å². The Bertz CT molecular complexity index is 589. The van der Waals surface area contributed by atoms with Crippen LogP contribution in [0.25, 0.3) is 11.0 Å². The van der Waals surface area contributed by atoms with Crippen LogP contribution in [0.1, 0.15) is 34.1 Å². The molecule has 0 spiro atoms. The highest BCUT2D eigenvalue weighted by atomic mass is 16.3. The van der Waals surface area contributed by atoms with Crippen LogP contribution < -0.4 is 10.6 Å². The lowest BCUT2D eigenvalue weighted by Crippen LogP contribution is -2.35. The third-order valence-electron chi connectivity index (χ3n) is 3.42. The van der Waals surface area contributed by atoms with Gasteiger partial charge in [0.05, 0.1) is 11.6 Å². The van der Waals surface area contributed by atoms with E-state index in [0.717, 1.165) is 17.7 Å². The zero-order valence-corrected chi connectivity index (χ0v) is 13.1. The van der Waals surface area contributed by atoms with Crippen LogP contribution in [0.3, 0.4) is 0 Å². The van der Waals surface area contributed by atoms with Crippen LogP contribution >= 0.6 is 0 Å². The van der Waals surface area contributed by atoms with Crippen molar-refractivity contribution in [3.05, 3.63) is 6.20 Å². The van der Waals surface area contributed by atoms with Crippen LogP contribution in [0.2, 0.25) is 0 Å². The molecule has 4 N–H and O–H groups in total. The Morgan fingerprint density at radius 3 is 2.71 bits per heavy atom. The Morgan fingerprint density at radius 1 is 1.33 bits per heavy atom. The smallest absolute Gasteiger partial charge is 0.226 e. The maximum atomic E-state index is 9.29. The highest BCUT2D eigenvalue weighted by Gasteiger charge is 2.25. The van der Waals surface area contributed by atoms with Crippen molar-refractivity contribution in [2.75, 3.05) is 23.8 Å². The number of anilines is 2. The highest BCUT2D eigenvalue weighted by molar-refractivity contribution is 5.87. The van der Waals surface area contributed by atoms with Gasteiger partial charge in [0.25, 0.3) is 0 Å². The van der Waals surface area contributed by atoms with E-state index in [1.54, 1.807) is 6.20 Å². The van der Waals surface area contributed by atoms with E-state index < -0.39 is 0 Å². The fourth-order valence-electron chi connectivity index (χ4n) is 2.20. The minimum absolute atomic E-state index is 0.00207. The van der Waals surface area contributed by atoms with Gasteiger partial charge in [-0.3, -0.25) is 5.10 Å². The standard InChI is InChI=1S/C14H24N6O/c1-5-15-13-18-11(9-8-16-20-12(9)19-13)17-10(6-7-21)14(2,3)4/h8,10,21H,5-7H2,1-4H3,(H3,15,16,17,18,19,20). The number of aromatic amines is 1. The Balaban J connectivity index is 2.36. The molecule has 7 heteroatoms. The third kappa shape index (κ3) is 3.60. The third-order valence-corrected chi connectivity index (χ3v) is 3.42. The summed E-state index contributed by atoms with van der Waals surface area (Å²) < 4.78 is 0. The lowest BCUT2D eigenvalue weighted by atomic mass is 9.85. The van der Waals surface area contributed by atoms with Crippen molar-refractivity contribution < 1.29 is 5.11 Å². The number of aliphatic hydroxyl groups excluding tert-OH is 1. The molecule has 7 nitrogen and oxygen atoms in total. The van der Waals surface area contributed by atoms with Gasteiger partial charge in [0, 0.05) is 19.2 Å². The molecule has 0 amide bonds. The topological polar surface area (TPSA) is 98.8 Å². The molecule has 2 aromatic rings. The molecule has 0 aliphatic carbocycles. The summed E-state index contributed by atoms with van der Waals surface area (Å²) in [4.78, 5) is 8.89. The SMILES string of the molecule is CCNc1nc(NC(CCO)C(C)(C)C)c2cn[nH]c2n1. The van der Waals surface area contributed by atoms with Gasteiger partial charge >= 0.3 is 0 Å². The minimum Gasteiger partial charge on any atom is -0.396 e. The molecule has 1 atom stereocenters. The van der Waals surface area contributed by atoms with Crippen LogP contribution in [0.15, 0.2) is 6.20 Å². The van der Waals surface area contributed by atoms with Gasteiger partial charge in [-0.25, -0.2) is 0 Å². The maximum absolute atomic E-state index is 9.29. The van der Waals surface area contributed by atoms with E-state index in [2.05, 4.69) is 51.6 Å². The zero-order valence-electron chi connectivity index (χ0n) is 13.1. The summed E-state index contributed by atoms with van der Waals surface area (Å²) in [6.07, 6.45) is 2.37. The van der Waals surface area contributed by atoms with E-state index in [-0.39, 0.29) is 18.1 Å². The van der Waals surface area contributed by atoms with Crippen molar-refractivity contribution in [3.8, 4) is 0 Å². The number of rotatable bonds is 6. The second kappa shape index (κ2) is 6.26. The normalized spacial score (nSPS) is 13.4.